The average molecular weight is 337 g/mol. The molecule has 1 aliphatic rings. The quantitative estimate of drug-likeness (QED) is 0.741. The first-order valence-corrected chi connectivity index (χ1v) is 8.93. The molecular formula is C19H23N5O. The van der Waals surface area contributed by atoms with Gasteiger partial charge >= 0.3 is 0 Å². The molecule has 1 aliphatic heterocycles. The minimum absolute atomic E-state index is 0.0776. The molecule has 6 nitrogen and oxygen atoms in total. The van der Waals surface area contributed by atoms with Crippen molar-refractivity contribution in [3.63, 3.8) is 0 Å². The van der Waals surface area contributed by atoms with Crippen LogP contribution < -0.4 is 0 Å². The van der Waals surface area contributed by atoms with Crippen LogP contribution in [-0.4, -0.2) is 50.8 Å². The van der Waals surface area contributed by atoms with Gasteiger partial charge in [0.25, 0.3) is 0 Å². The highest BCUT2D eigenvalue weighted by Crippen LogP contribution is 2.33. The molecule has 0 spiro atoms. The zero-order chi connectivity index (χ0) is 17.4. The topological polar surface area (TPSA) is 74.8 Å². The van der Waals surface area contributed by atoms with Crippen molar-refractivity contribution in [3.8, 4) is 0 Å². The second-order valence-corrected chi connectivity index (χ2v) is 7.15. The summed E-state index contributed by atoms with van der Waals surface area (Å²) in [6.45, 7) is 6.83. The van der Waals surface area contributed by atoms with Gasteiger partial charge in [-0.3, -0.25) is 0 Å². The highest BCUT2D eigenvalue weighted by atomic mass is 16.1. The molecule has 25 heavy (non-hydrogen) atoms. The van der Waals surface area contributed by atoms with Crippen LogP contribution in [-0.2, 0) is 4.79 Å². The molecule has 4 rings (SSSR count). The number of carbonyl (C=O) groups is 1. The fourth-order valence-electron chi connectivity index (χ4n) is 4.00. The smallest absolute Gasteiger partial charge is 0.159 e. The summed E-state index contributed by atoms with van der Waals surface area (Å²) in [7, 11) is 0. The van der Waals surface area contributed by atoms with Crippen LogP contribution in [0.25, 0.3) is 21.9 Å². The summed E-state index contributed by atoms with van der Waals surface area (Å²) in [5, 5.41) is 2.21. The Hall–Kier alpha value is -2.34. The SMILES string of the molecule is Cc1nc2cnc3nccc3c2c(C2CCCN(CC(C)C=O)C2)[nH]1. The van der Waals surface area contributed by atoms with Gasteiger partial charge in [-0.1, -0.05) is 6.92 Å². The van der Waals surface area contributed by atoms with Crippen LogP contribution in [0.1, 0.15) is 37.2 Å². The lowest BCUT2D eigenvalue weighted by Gasteiger charge is -2.34. The van der Waals surface area contributed by atoms with Crippen LogP contribution in [0.3, 0.4) is 0 Å². The number of fused-ring (bicyclic) bond motifs is 3. The van der Waals surface area contributed by atoms with Crippen LogP contribution >= 0.6 is 0 Å². The lowest BCUT2D eigenvalue weighted by Crippen LogP contribution is -2.37. The number of hydrogen-bond donors (Lipinski definition) is 1. The minimum Gasteiger partial charge on any atom is -0.347 e. The van der Waals surface area contributed by atoms with E-state index in [1.165, 1.54) is 5.69 Å². The number of nitrogens with zero attached hydrogens (tertiary/aromatic N) is 4. The first-order chi connectivity index (χ1) is 12.2. The number of aromatic amines is 1. The van der Waals surface area contributed by atoms with Crippen LogP contribution in [0.5, 0.6) is 0 Å². The van der Waals surface area contributed by atoms with Crippen molar-refractivity contribution in [2.45, 2.75) is 32.6 Å². The van der Waals surface area contributed by atoms with Gasteiger partial charge in [0.15, 0.2) is 5.65 Å². The molecule has 130 valence electrons. The van der Waals surface area contributed by atoms with Gasteiger partial charge in [-0.25, -0.2) is 15.0 Å². The van der Waals surface area contributed by atoms with Gasteiger partial charge in [0.05, 0.1) is 11.7 Å². The highest BCUT2D eigenvalue weighted by Gasteiger charge is 2.25. The zero-order valence-electron chi connectivity index (χ0n) is 14.7. The highest BCUT2D eigenvalue weighted by molar-refractivity contribution is 6.04. The molecule has 1 N–H and O–H groups in total. The number of H-pyrrole nitrogens is 1. The van der Waals surface area contributed by atoms with E-state index in [1.807, 2.05) is 26.1 Å². The molecular weight excluding hydrogens is 314 g/mol. The van der Waals surface area contributed by atoms with Gasteiger partial charge in [0.2, 0.25) is 0 Å². The predicted octanol–water partition coefficient (Wildman–Crippen LogP) is 2.83. The van der Waals surface area contributed by atoms with Crippen molar-refractivity contribution in [2.75, 3.05) is 19.6 Å². The second kappa shape index (κ2) is 6.52. The van der Waals surface area contributed by atoms with Crippen molar-refractivity contribution in [3.05, 3.63) is 30.0 Å². The fourth-order valence-corrected chi connectivity index (χ4v) is 4.00. The van der Waals surface area contributed by atoms with E-state index in [-0.39, 0.29) is 5.92 Å². The third-order valence-corrected chi connectivity index (χ3v) is 5.08. The molecule has 6 heteroatoms. The van der Waals surface area contributed by atoms with Gasteiger partial charge < -0.3 is 14.7 Å². The largest absolute Gasteiger partial charge is 0.347 e. The summed E-state index contributed by atoms with van der Waals surface area (Å²) in [5.41, 5.74) is 2.92. The average Bonchev–Trinajstić information content (AvgIpc) is 3.09. The molecule has 0 aromatic carbocycles. The van der Waals surface area contributed by atoms with Gasteiger partial charge in [-0.05, 0) is 32.4 Å². The molecule has 2 unspecified atom stereocenters. The fraction of sp³-hybridized carbons (Fsp3) is 0.474. The van der Waals surface area contributed by atoms with Gasteiger partial charge in [0, 0.05) is 47.6 Å². The lowest BCUT2D eigenvalue weighted by molar-refractivity contribution is -0.111. The Morgan fingerprint density at radius 3 is 3.16 bits per heavy atom. The van der Waals surface area contributed by atoms with Crippen molar-refractivity contribution < 1.29 is 4.79 Å². The van der Waals surface area contributed by atoms with Crippen LogP contribution in [0, 0.1) is 12.8 Å². The molecule has 2 atom stereocenters. The van der Waals surface area contributed by atoms with E-state index in [9.17, 15) is 4.79 Å². The number of aldehydes is 1. The summed E-state index contributed by atoms with van der Waals surface area (Å²) in [6, 6.07) is 2.02. The monoisotopic (exact) mass is 337 g/mol. The summed E-state index contributed by atoms with van der Waals surface area (Å²) in [6.07, 6.45) is 6.95. The van der Waals surface area contributed by atoms with E-state index in [1.54, 1.807) is 6.20 Å². The molecule has 0 bridgehead atoms. The number of likely N-dealkylation sites (tertiary alicyclic amines) is 1. The van der Waals surface area contributed by atoms with Crippen molar-refractivity contribution in [1.29, 1.82) is 0 Å². The summed E-state index contributed by atoms with van der Waals surface area (Å²) in [5.74, 6) is 1.38. The molecule has 0 aliphatic carbocycles. The maximum Gasteiger partial charge on any atom is 0.159 e. The number of rotatable bonds is 4. The van der Waals surface area contributed by atoms with Crippen molar-refractivity contribution in [1.82, 2.24) is 24.8 Å². The summed E-state index contributed by atoms with van der Waals surface area (Å²) >= 11 is 0. The molecule has 0 amide bonds. The Morgan fingerprint density at radius 1 is 1.44 bits per heavy atom. The Bertz CT molecular complexity index is 919. The third kappa shape index (κ3) is 3.02. The molecule has 3 aromatic heterocycles. The Balaban J connectivity index is 1.77. The number of aromatic nitrogens is 4. The van der Waals surface area contributed by atoms with Crippen molar-refractivity contribution >= 4 is 28.2 Å². The van der Waals surface area contributed by atoms with E-state index in [2.05, 4.69) is 24.8 Å². The molecule has 3 aromatic rings. The minimum atomic E-state index is 0.0776. The lowest BCUT2D eigenvalue weighted by atomic mass is 9.91. The standard InChI is InChI=1S/C19H23N5O/c1-12(11-25)9-24-7-3-4-14(10-24)18-17-15-5-6-20-19(15)21-8-16(17)22-13(2)23-18/h5-6,8,11-12,14H,3-4,7,9-10H2,1-2H3,(H,22,23). The third-order valence-electron chi connectivity index (χ3n) is 5.08. The number of hydrogen-bond acceptors (Lipinski definition) is 5. The van der Waals surface area contributed by atoms with E-state index in [0.29, 0.717) is 5.92 Å². The Labute approximate surface area is 146 Å². The van der Waals surface area contributed by atoms with Crippen molar-refractivity contribution in [2.24, 2.45) is 5.92 Å². The normalized spacial score (nSPS) is 20.2. The number of pyridine rings is 1. The predicted molar refractivity (Wildman–Crippen MR) is 97.6 cm³/mol. The summed E-state index contributed by atoms with van der Waals surface area (Å²) in [4.78, 5) is 30.3. The maximum absolute atomic E-state index is 11.0. The van der Waals surface area contributed by atoms with E-state index in [0.717, 1.165) is 66.5 Å². The summed E-state index contributed by atoms with van der Waals surface area (Å²) < 4.78 is 0. The molecule has 0 saturated carbocycles. The maximum atomic E-state index is 11.0. The second-order valence-electron chi connectivity index (χ2n) is 7.15. The number of aryl methyl sites for hydroxylation is 1. The number of carbonyl (C=O) groups excluding carboxylic acids is 1. The number of nitrogens with one attached hydrogen (secondary N) is 1. The number of piperidine rings is 1. The van der Waals surface area contributed by atoms with Crippen LogP contribution in [0.15, 0.2) is 18.5 Å². The van der Waals surface area contributed by atoms with E-state index < -0.39 is 0 Å². The van der Waals surface area contributed by atoms with Gasteiger partial charge in [-0.15, -0.1) is 0 Å². The van der Waals surface area contributed by atoms with Gasteiger partial charge in [-0.2, -0.15) is 0 Å². The molecule has 1 saturated heterocycles. The first kappa shape index (κ1) is 16.1. The Morgan fingerprint density at radius 2 is 2.32 bits per heavy atom. The molecule has 4 heterocycles. The van der Waals surface area contributed by atoms with Crippen LogP contribution in [0.2, 0.25) is 0 Å². The Kier molecular flexibility index (Phi) is 4.21. The molecule has 0 radical (unpaired) electrons. The van der Waals surface area contributed by atoms with Gasteiger partial charge in [0.1, 0.15) is 12.1 Å². The zero-order valence-corrected chi connectivity index (χ0v) is 14.7. The first-order valence-electron chi connectivity index (χ1n) is 8.93. The molecule has 1 fully saturated rings. The van der Waals surface area contributed by atoms with Crippen LogP contribution in [0.4, 0.5) is 0 Å². The van der Waals surface area contributed by atoms with E-state index >= 15 is 0 Å². The van der Waals surface area contributed by atoms with E-state index in [4.69, 9.17) is 0 Å².